The molecule has 0 unspecified atom stereocenters. The van der Waals surface area contributed by atoms with E-state index in [-0.39, 0.29) is 5.43 Å². The SMILES string of the molecule is O=c1cc[nH]c2nc(-c3cn[nH]n3)c(-c3ccc4ncsc4c3)cc12. The van der Waals surface area contributed by atoms with E-state index in [1.807, 2.05) is 23.7 Å². The first-order valence-electron chi connectivity index (χ1n) is 7.52. The number of nitrogens with one attached hydrogen (secondary N) is 2. The first-order chi connectivity index (χ1) is 12.3. The number of fused-ring (bicyclic) bond motifs is 2. The lowest BCUT2D eigenvalue weighted by Gasteiger charge is -2.09. The summed E-state index contributed by atoms with van der Waals surface area (Å²) in [5.41, 5.74) is 6.26. The van der Waals surface area contributed by atoms with Gasteiger partial charge in [0.05, 0.1) is 27.3 Å². The van der Waals surface area contributed by atoms with Gasteiger partial charge in [-0.05, 0) is 23.8 Å². The Labute approximate surface area is 144 Å². The van der Waals surface area contributed by atoms with Crippen LogP contribution in [-0.2, 0) is 0 Å². The Kier molecular flexibility index (Phi) is 2.98. The third-order valence-corrected chi connectivity index (χ3v) is 4.83. The fourth-order valence-corrected chi connectivity index (χ4v) is 3.57. The first kappa shape index (κ1) is 14.0. The van der Waals surface area contributed by atoms with E-state index < -0.39 is 0 Å². The molecule has 0 aliphatic heterocycles. The number of pyridine rings is 2. The highest BCUT2D eigenvalue weighted by Gasteiger charge is 2.15. The van der Waals surface area contributed by atoms with Crippen LogP contribution in [0.4, 0.5) is 0 Å². The van der Waals surface area contributed by atoms with Crippen molar-refractivity contribution in [2.45, 2.75) is 0 Å². The lowest BCUT2D eigenvalue weighted by molar-refractivity contribution is 0.941. The van der Waals surface area contributed by atoms with Crippen LogP contribution in [0.5, 0.6) is 0 Å². The van der Waals surface area contributed by atoms with Crippen LogP contribution in [0.3, 0.4) is 0 Å². The van der Waals surface area contributed by atoms with E-state index in [1.165, 1.54) is 6.07 Å². The molecule has 0 bridgehead atoms. The third-order valence-electron chi connectivity index (χ3n) is 4.04. The molecule has 0 radical (unpaired) electrons. The summed E-state index contributed by atoms with van der Waals surface area (Å²) >= 11 is 1.57. The molecule has 5 aromatic rings. The predicted octanol–water partition coefficient (Wildman–Crippen LogP) is 2.98. The molecule has 0 aliphatic rings. The van der Waals surface area contributed by atoms with Gasteiger partial charge in [-0.2, -0.15) is 15.4 Å². The molecule has 4 heterocycles. The summed E-state index contributed by atoms with van der Waals surface area (Å²) in [6.45, 7) is 0. The summed E-state index contributed by atoms with van der Waals surface area (Å²) < 4.78 is 1.07. The molecule has 8 heteroatoms. The Bertz CT molecular complexity index is 1270. The number of H-pyrrole nitrogens is 2. The number of hydrogen-bond acceptors (Lipinski definition) is 6. The van der Waals surface area contributed by atoms with Crippen molar-refractivity contribution in [1.29, 1.82) is 0 Å². The molecule has 4 aromatic heterocycles. The second kappa shape index (κ2) is 5.32. The van der Waals surface area contributed by atoms with Gasteiger partial charge in [0.15, 0.2) is 5.43 Å². The standard InChI is InChI=1S/C17H10N6OS/c24-14-3-4-18-17-11(14)6-10(16(21-17)13-7-20-23-22-13)9-1-2-12-15(5-9)25-8-19-12/h1-8H,(H,18,21,24)(H,20,22,23). The second-order valence-electron chi connectivity index (χ2n) is 5.51. The molecule has 2 N–H and O–H groups in total. The number of rotatable bonds is 2. The number of hydrogen-bond donors (Lipinski definition) is 2. The van der Waals surface area contributed by atoms with Gasteiger partial charge < -0.3 is 4.98 Å². The predicted molar refractivity (Wildman–Crippen MR) is 96.4 cm³/mol. The lowest BCUT2D eigenvalue weighted by atomic mass is 10.0. The van der Waals surface area contributed by atoms with Gasteiger partial charge >= 0.3 is 0 Å². The zero-order valence-corrected chi connectivity index (χ0v) is 13.5. The Balaban J connectivity index is 1.86. The Morgan fingerprint density at radius 1 is 1.12 bits per heavy atom. The summed E-state index contributed by atoms with van der Waals surface area (Å²) in [5, 5.41) is 11.2. The molecular weight excluding hydrogens is 336 g/mol. The topological polar surface area (TPSA) is 100 Å². The van der Waals surface area contributed by atoms with Crippen molar-refractivity contribution < 1.29 is 0 Å². The van der Waals surface area contributed by atoms with Crippen LogP contribution in [0.25, 0.3) is 43.8 Å². The van der Waals surface area contributed by atoms with E-state index >= 15 is 0 Å². The van der Waals surface area contributed by atoms with E-state index in [4.69, 9.17) is 0 Å². The summed E-state index contributed by atoms with van der Waals surface area (Å²) in [6.07, 6.45) is 3.21. The van der Waals surface area contributed by atoms with Crippen molar-refractivity contribution in [2.24, 2.45) is 0 Å². The molecular formula is C17H10N6OS. The van der Waals surface area contributed by atoms with Gasteiger partial charge in [-0.1, -0.05) is 6.07 Å². The van der Waals surface area contributed by atoms with Crippen LogP contribution in [-0.4, -0.2) is 30.4 Å². The number of benzene rings is 1. The van der Waals surface area contributed by atoms with E-state index in [0.717, 1.165) is 21.3 Å². The van der Waals surface area contributed by atoms with Gasteiger partial charge in [-0.25, -0.2) is 9.97 Å². The molecule has 7 nitrogen and oxygen atoms in total. The molecule has 0 fully saturated rings. The third kappa shape index (κ3) is 2.23. The normalized spacial score (nSPS) is 11.4. The molecule has 25 heavy (non-hydrogen) atoms. The largest absolute Gasteiger partial charge is 0.346 e. The fraction of sp³-hybridized carbons (Fsp3) is 0. The van der Waals surface area contributed by atoms with Crippen LogP contribution in [0.2, 0.25) is 0 Å². The molecule has 1 aromatic carbocycles. The molecule has 0 saturated heterocycles. The van der Waals surface area contributed by atoms with Crippen molar-refractivity contribution in [3.63, 3.8) is 0 Å². The number of nitrogens with zero attached hydrogens (tertiary/aromatic N) is 4. The first-order valence-corrected chi connectivity index (χ1v) is 8.40. The van der Waals surface area contributed by atoms with Crippen LogP contribution in [0.1, 0.15) is 0 Å². The minimum Gasteiger partial charge on any atom is -0.346 e. The lowest BCUT2D eigenvalue weighted by Crippen LogP contribution is -2.03. The van der Waals surface area contributed by atoms with Gasteiger partial charge in [-0.3, -0.25) is 4.79 Å². The molecule has 0 saturated carbocycles. The molecule has 0 aliphatic carbocycles. The van der Waals surface area contributed by atoms with E-state index in [0.29, 0.717) is 22.4 Å². The van der Waals surface area contributed by atoms with Crippen LogP contribution in [0.15, 0.2) is 53.0 Å². The molecule has 120 valence electrons. The van der Waals surface area contributed by atoms with Crippen LogP contribution < -0.4 is 5.43 Å². The van der Waals surface area contributed by atoms with Crippen LogP contribution >= 0.6 is 11.3 Å². The maximum Gasteiger partial charge on any atom is 0.191 e. The number of aromatic amines is 2. The smallest absolute Gasteiger partial charge is 0.191 e. The maximum absolute atomic E-state index is 12.2. The summed E-state index contributed by atoms with van der Waals surface area (Å²) in [6, 6.07) is 9.35. The van der Waals surface area contributed by atoms with Crippen molar-refractivity contribution in [2.75, 3.05) is 0 Å². The van der Waals surface area contributed by atoms with Crippen molar-refractivity contribution in [3.8, 4) is 22.5 Å². The van der Waals surface area contributed by atoms with E-state index in [9.17, 15) is 4.79 Å². The summed E-state index contributed by atoms with van der Waals surface area (Å²) in [7, 11) is 0. The second-order valence-corrected chi connectivity index (χ2v) is 6.40. The minimum absolute atomic E-state index is 0.0759. The number of aromatic nitrogens is 6. The highest BCUT2D eigenvalue weighted by molar-refractivity contribution is 7.16. The van der Waals surface area contributed by atoms with Crippen molar-refractivity contribution >= 4 is 32.6 Å². The summed E-state index contributed by atoms with van der Waals surface area (Å²) in [5.74, 6) is 0. The molecule has 0 spiro atoms. The van der Waals surface area contributed by atoms with Gasteiger partial charge in [0.2, 0.25) is 0 Å². The van der Waals surface area contributed by atoms with Gasteiger partial charge in [0.1, 0.15) is 17.0 Å². The zero-order chi connectivity index (χ0) is 16.8. The Morgan fingerprint density at radius 3 is 2.96 bits per heavy atom. The van der Waals surface area contributed by atoms with Gasteiger partial charge in [-0.15, -0.1) is 11.3 Å². The summed E-state index contributed by atoms with van der Waals surface area (Å²) in [4.78, 5) is 24.2. The quantitative estimate of drug-likeness (QED) is 0.512. The van der Waals surface area contributed by atoms with Crippen molar-refractivity contribution in [1.82, 2.24) is 30.4 Å². The molecule has 5 rings (SSSR count). The minimum atomic E-state index is -0.0759. The number of thiazole rings is 1. The fourth-order valence-electron chi connectivity index (χ4n) is 2.85. The Morgan fingerprint density at radius 2 is 2.08 bits per heavy atom. The monoisotopic (exact) mass is 346 g/mol. The van der Waals surface area contributed by atoms with Gasteiger partial charge in [0.25, 0.3) is 0 Å². The molecule has 0 atom stereocenters. The average molecular weight is 346 g/mol. The Hall–Kier alpha value is -3.39. The highest BCUT2D eigenvalue weighted by Crippen LogP contribution is 2.33. The zero-order valence-electron chi connectivity index (χ0n) is 12.7. The van der Waals surface area contributed by atoms with Crippen molar-refractivity contribution in [3.05, 3.63) is 58.5 Å². The van der Waals surface area contributed by atoms with E-state index in [1.54, 1.807) is 23.7 Å². The van der Waals surface area contributed by atoms with Gasteiger partial charge in [0, 0.05) is 17.8 Å². The maximum atomic E-state index is 12.2. The average Bonchev–Trinajstić information content (AvgIpc) is 3.32. The molecule has 0 amide bonds. The highest BCUT2D eigenvalue weighted by atomic mass is 32.1. The van der Waals surface area contributed by atoms with Crippen LogP contribution in [0, 0.1) is 0 Å². The van der Waals surface area contributed by atoms with E-state index in [2.05, 4.69) is 36.4 Å².